The van der Waals surface area contributed by atoms with E-state index in [0.29, 0.717) is 5.69 Å². The molecule has 0 bridgehead atoms. The summed E-state index contributed by atoms with van der Waals surface area (Å²) >= 11 is 0. The number of carbonyl (C=O) groups excluding carboxylic acids is 1. The molecule has 0 saturated heterocycles. The van der Waals surface area contributed by atoms with Gasteiger partial charge in [-0.05, 0) is 56.3 Å². The van der Waals surface area contributed by atoms with Crippen LogP contribution < -0.4 is 14.8 Å². The first-order valence-electron chi connectivity index (χ1n) is 7.50. The zero-order valence-electron chi connectivity index (χ0n) is 14.0. The molecule has 0 aliphatic heterocycles. The zero-order valence-corrected chi connectivity index (χ0v) is 14.9. The summed E-state index contributed by atoms with van der Waals surface area (Å²) in [7, 11) is -2.49. The van der Waals surface area contributed by atoms with E-state index in [0.717, 1.165) is 0 Å². The summed E-state index contributed by atoms with van der Waals surface area (Å²) < 4.78 is 45.3. The van der Waals surface area contributed by atoms with Crippen LogP contribution in [0.1, 0.15) is 24.2 Å². The fourth-order valence-corrected chi connectivity index (χ4v) is 3.58. The Morgan fingerprint density at radius 3 is 2.32 bits per heavy atom. The lowest BCUT2D eigenvalue weighted by molar-refractivity contribution is 0.102. The molecule has 0 aliphatic carbocycles. The van der Waals surface area contributed by atoms with E-state index in [4.69, 9.17) is 4.74 Å². The molecule has 0 unspecified atom stereocenters. The summed E-state index contributed by atoms with van der Waals surface area (Å²) in [6.45, 7) is 3.38. The predicted molar refractivity (Wildman–Crippen MR) is 92.8 cm³/mol. The van der Waals surface area contributed by atoms with E-state index in [1.54, 1.807) is 13.8 Å². The van der Waals surface area contributed by atoms with Crippen molar-refractivity contribution in [3.63, 3.8) is 0 Å². The molecule has 134 valence electrons. The molecule has 0 saturated carbocycles. The van der Waals surface area contributed by atoms with E-state index in [9.17, 15) is 17.6 Å². The van der Waals surface area contributed by atoms with Gasteiger partial charge >= 0.3 is 0 Å². The van der Waals surface area contributed by atoms with Gasteiger partial charge in [0.15, 0.2) is 0 Å². The normalized spacial score (nSPS) is 11.4. The highest BCUT2D eigenvalue weighted by atomic mass is 32.2. The molecule has 0 heterocycles. The number of anilines is 1. The largest absolute Gasteiger partial charge is 0.495 e. The first-order valence-corrected chi connectivity index (χ1v) is 8.98. The van der Waals surface area contributed by atoms with Crippen LogP contribution in [0.2, 0.25) is 0 Å². The monoisotopic (exact) mass is 366 g/mol. The van der Waals surface area contributed by atoms with Gasteiger partial charge in [-0.15, -0.1) is 0 Å². The maximum Gasteiger partial charge on any atom is 0.255 e. The molecule has 0 aromatic heterocycles. The molecule has 0 spiro atoms. The Bertz CT molecular complexity index is 865. The molecule has 6 nitrogen and oxygen atoms in total. The van der Waals surface area contributed by atoms with E-state index in [1.807, 2.05) is 0 Å². The fraction of sp³-hybridized carbons (Fsp3) is 0.235. The Kier molecular flexibility index (Phi) is 5.76. The van der Waals surface area contributed by atoms with Gasteiger partial charge in [0.1, 0.15) is 16.5 Å². The van der Waals surface area contributed by atoms with E-state index in [-0.39, 0.29) is 22.3 Å². The van der Waals surface area contributed by atoms with Crippen LogP contribution in [0.4, 0.5) is 10.1 Å². The fourth-order valence-electron chi connectivity index (χ4n) is 2.14. The number of amides is 1. The molecule has 2 aromatic rings. The summed E-state index contributed by atoms with van der Waals surface area (Å²) in [5, 5.41) is 2.58. The lowest BCUT2D eigenvalue weighted by Crippen LogP contribution is -2.30. The van der Waals surface area contributed by atoms with Crippen molar-refractivity contribution in [3.05, 3.63) is 53.8 Å². The molecular formula is C17H19FN2O4S. The van der Waals surface area contributed by atoms with Crippen molar-refractivity contribution in [2.45, 2.75) is 24.8 Å². The van der Waals surface area contributed by atoms with Gasteiger partial charge in [0.2, 0.25) is 10.0 Å². The van der Waals surface area contributed by atoms with Crippen LogP contribution in [0.5, 0.6) is 5.75 Å². The number of nitrogens with one attached hydrogen (secondary N) is 2. The highest BCUT2D eigenvalue weighted by Gasteiger charge is 2.22. The Balaban J connectivity index is 2.34. The lowest BCUT2D eigenvalue weighted by atomic mass is 10.2. The van der Waals surface area contributed by atoms with Gasteiger partial charge in [0.05, 0.1) is 7.11 Å². The van der Waals surface area contributed by atoms with Crippen LogP contribution >= 0.6 is 0 Å². The summed E-state index contributed by atoms with van der Waals surface area (Å²) in [6, 6.07) is 9.04. The molecule has 0 fully saturated rings. The average molecular weight is 366 g/mol. The predicted octanol–water partition coefficient (Wildman–Crippen LogP) is 2.77. The molecule has 2 rings (SSSR count). The number of hydrogen-bond acceptors (Lipinski definition) is 4. The van der Waals surface area contributed by atoms with Gasteiger partial charge in [-0.1, -0.05) is 0 Å². The number of sulfonamides is 1. The van der Waals surface area contributed by atoms with E-state index < -0.39 is 21.7 Å². The van der Waals surface area contributed by atoms with Crippen LogP contribution in [0.25, 0.3) is 0 Å². The SMILES string of the molecule is COc1ccc(C(=O)Nc2ccc(F)cc2)cc1S(=O)(=O)NC(C)C. The second-order valence-corrected chi connectivity index (χ2v) is 7.29. The molecule has 0 radical (unpaired) electrons. The number of rotatable bonds is 6. The minimum Gasteiger partial charge on any atom is -0.495 e. The Labute approximate surface area is 146 Å². The average Bonchev–Trinajstić information content (AvgIpc) is 2.55. The molecule has 1 amide bonds. The molecule has 0 atom stereocenters. The van der Waals surface area contributed by atoms with Crippen molar-refractivity contribution < 1.29 is 22.3 Å². The number of ether oxygens (including phenoxy) is 1. The quantitative estimate of drug-likeness (QED) is 0.823. The first kappa shape index (κ1) is 18.9. The minimum absolute atomic E-state index is 0.129. The van der Waals surface area contributed by atoms with E-state index in [2.05, 4.69) is 10.0 Å². The molecule has 2 aromatic carbocycles. The topological polar surface area (TPSA) is 84.5 Å². The third-order valence-corrected chi connectivity index (χ3v) is 4.89. The first-order chi connectivity index (χ1) is 11.7. The number of carbonyl (C=O) groups is 1. The highest BCUT2D eigenvalue weighted by molar-refractivity contribution is 7.89. The third kappa shape index (κ3) is 4.77. The third-order valence-electron chi connectivity index (χ3n) is 3.21. The van der Waals surface area contributed by atoms with Gasteiger partial charge < -0.3 is 10.1 Å². The molecule has 8 heteroatoms. The zero-order chi connectivity index (χ0) is 18.6. The molecule has 2 N–H and O–H groups in total. The lowest BCUT2D eigenvalue weighted by Gasteiger charge is -2.14. The Hall–Kier alpha value is -2.45. The number of benzene rings is 2. The van der Waals surface area contributed by atoms with Gasteiger partial charge in [-0.25, -0.2) is 17.5 Å². The summed E-state index contributed by atoms with van der Waals surface area (Å²) in [5.41, 5.74) is 0.529. The maximum absolute atomic E-state index is 12.9. The van der Waals surface area contributed by atoms with Crippen molar-refractivity contribution in [1.82, 2.24) is 4.72 Å². The summed E-state index contributed by atoms with van der Waals surface area (Å²) in [4.78, 5) is 12.2. The molecular weight excluding hydrogens is 347 g/mol. The molecule has 0 aliphatic rings. The van der Waals surface area contributed by atoms with Gasteiger partial charge in [0.25, 0.3) is 5.91 Å². The number of methoxy groups -OCH3 is 1. The van der Waals surface area contributed by atoms with Gasteiger partial charge in [0, 0.05) is 17.3 Å². The standard InChI is InChI=1S/C17H19FN2O4S/c1-11(2)20-25(22,23)16-10-12(4-9-15(16)24-3)17(21)19-14-7-5-13(18)6-8-14/h4-11,20H,1-3H3,(H,19,21). The Morgan fingerprint density at radius 2 is 1.76 bits per heavy atom. The number of halogens is 1. The smallest absolute Gasteiger partial charge is 0.255 e. The number of hydrogen-bond donors (Lipinski definition) is 2. The second-order valence-electron chi connectivity index (χ2n) is 5.60. The highest BCUT2D eigenvalue weighted by Crippen LogP contribution is 2.25. The van der Waals surface area contributed by atoms with Crippen molar-refractivity contribution >= 4 is 21.6 Å². The van der Waals surface area contributed by atoms with E-state index >= 15 is 0 Å². The maximum atomic E-state index is 12.9. The second kappa shape index (κ2) is 7.62. The Morgan fingerprint density at radius 1 is 1.12 bits per heavy atom. The van der Waals surface area contributed by atoms with Crippen molar-refractivity contribution in [2.75, 3.05) is 12.4 Å². The van der Waals surface area contributed by atoms with Crippen molar-refractivity contribution in [2.24, 2.45) is 0 Å². The van der Waals surface area contributed by atoms with Gasteiger partial charge in [-0.3, -0.25) is 4.79 Å². The van der Waals surface area contributed by atoms with E-state index in [1.165, 1.54) is 49.6 Å². The van der Waals surface area contributed by atoms with Crippen LogP contribution in [0, 0.1) is 5.82 Å². The minimum atomic E-state index is -3.84. The summed E-state index contributed by atoms with van der Waals surface area (Å²) in [5.74, 6) is -0.808. The van der Waals surface area contributed by atoms with Crippen molar-refractivity contribution in [3.8, 4) is 5.75 Å². The van der Waals surface area contributed by atoms with Crippen LogP contribution in [0.3, 0.4) is 0 Å². The van der Waals surface area contributed by atoms with Crippen LogP contribution in [-0.4, -0.2) is 27.5 Å². The van der Waals surface area contributed by atoms with Crippen LogP contribution in [0.15, 0.2) is 47.4 Å². The summed E-state index contributed by atoms with van der Waals surface area (Å²) in [6.07, 6.45) is 0. The van der Waals surface area contributed by atoms with Crippen molar-refractivity contribution in [1.29, 1.82) is 0 Å². The van der Waals surface area contributed by atoms with Crippen LogP contribution in [-0.2, 0) is 10.0 Å². The molecule has 25 heavy (non-hydrogen) atoms. The van der Waals surface area contributed by atoms with Gasteiger partial charge in [-0.2, -0.15) is 0 Å².